The van der Waals surface area contributed by atoms with Crippen LogP contribution in [-0.4, -0.2) is 52.9 Å². The molecule has 33 heavy (non-hydrogen) atoms. The third-order valence-electron chi connectivity index (χ3n) is 6.96. The molecular weight excluding hydrogens is 420 g/mol. The molecule has 0 aliphatic carbocycles. The molecule has 1 saturated heterocycles. The van der Waals surface area contributed by atoms with Crippen LogP contribution in [0, 0.1) is 5.92 Å². The molecule has 1 fully saturated rings. The molecule has 0 bridgehead atoms. The van der Waals surface area contributed by atoms with Crippen molar-refractivity contribution in [2.24, 2.45) is 5.92 Å². The fourth-order valence-electron chi connectivity index (χ4n) is 5.10. The Labute approximate surface area is 195 Å². The quantitative estimate of drug-likeness (QED) is 0.305. The molecule has 3 heterocycles. The predicted molar refractivity (Wildman–Crippen MR) is 126 cm³/mol. The highest BCUT2D eigenvalue weighted by atomic mass is 16.5. The SMILES string of the molecule is O=C(CCCCCCNC(=O)N1CCc2c(c3ccccc3n2CC2CCOCC2)C1)NO. The summed E-state index contributed by atoms with van der Waals surface area (Å²) in [6.07, 6.45) is 6.93. The van der Waals surface area contributed by atoms with Gasteiger partial charge in [-0.25, -0.2) is 10.3 Å². The summed E-state index contributed by atoms with van der Waals surface area (Å²) < 4.78 is 8.05. The minimum Gasteiger partial charge on any atom is -0.381 e. The van der Waals surface area contributed by atoms with Gasteiger partial charge in [0.2, 0.25) is 5.91 Å². The number of nitrogens with zero attached hydrogens (tertiary/aromatic N) is 2. The molecule has 1 aromatic carbocycles. The summed E-state index contributed by atoms with van der Waals surface area (Å²) in [6.45, 7) is 4.78. The van der Waals surface area contributed by atoms with Crippen molar-refractivity contribution in [1.82, 2.24) is 20.3 Å². The normalized spacial score (nSPS) is 16.6. The van der Waals surface area contributed by atoms with Gasteiger partial charge in [0.05, 0.1) is 0 Å². The average molecular weight is 457 g/mol. The van der Waals surface area contributed by atoms with E-state index in [2.05, 4.69) is 34.1 Å². The Hall–Kier alpha value is -2.58. The number of para-hydroxylation sites is 1. The fraction of sp³-hybridized carbons (Fsp3) is 0.600. The van der Waals surface area contributed by atoms with Crippen LogP contribution in [0.25, 0.3) is 10.9 Å². The number of hydrogen-bond acceptors (Lipinski definition) is 4. The topological polar surface area (TPSA) is 95.8 Å². The molecule has 2 aliphatic rings. The van der Waals surface area contributed by atoms with Crippen molar-refractivity contribution in [2.45, 2.75) is 64.5 Å². The maximum atomic E-state index is 12.8. The average Bonchev–Trinajstić information content (AvgIpc) is 3.16. The Morgan fingerprint density at radius 3 is 2.70 bits per heavy atom. The minimum atomic E-state index is -0.345. The second-order valence-electron chi connectivity index (χ2n) is 9.21. The van der Waals surface area contributed by atoms with Crippen molar-refractivity contribution in [3.8, 4) is 0 Å². The van der Waals surface area contributed by atoms with Crippen LogP contribution in [-0.2, 0) is 29.0 Å². The van der Waals surface area contributed by atoms with Crippen LogP contribution in [0.5, 0.6) is 0 Å². The number of benzene rings is 1. The molecule has 0 radical (unpaired) electrons. The number of unbranched alkanes of at least 4 members (excludes halogenated alkanes) is 3. The van der Waals surface area contributed by atoms with E-state index in [1.807, 2.05) is 4.90 Å². The lowest BCUT2D eigenvalue weighted by atomic mass is 10.00. The molecule has 8 heteroatoms. The monoisotopic (exact) mass is 456 g/mol. The van der Waals surface area contributed by atoms with Crippen molar-refractivity contribution in [1.29, 1.82) is 0 Å². The standard InChI is InChI=1S/C25H36N4O4/c30-24(27-32)9-3-1-2-6-13-26-25(31)28-14-10-23-21(18-28)20-7-4-5-8-22(20)29(23)17-19-11-15-33-16-12-19/h4-5,7-8,19,32H,1-3,6,9-18H2,(H,26,31)(H,27,30). The largest absolute Gasteiger partial charge is 0.381 e. The van der Waals surface area contributed by atoms with Crippen LogP contribution in [0.4, 0.5) is 4.79 Å². The van der Waals surface area contributed by atoms with E-state index in [1.54, 1.807) is 5.48 Å². The third kappa shape index (κ3) is 5.86. The minimum absolute atomic E-state index is 0.00145. The molecule has 3 N–H and O–H groups in total. The molecule has 1 aromatic heterocycles. The lowest BCUT2D eigenvalue weighted by molar-refractivity contribution is -0.129. The van der Waals surface area contributed by atoms with E-state index < -0.39 is 0 Å². The van der Waals surface area contributed by atoms with Gasteiger partial charge in [0.25, 0.3) is 0 Å². The highest BCUT2D eigenvalue weighted by molar-refractivity contribution is 5.86. The Morgan fingerprint density at radius 1 is 1.09 bits per heavy atom. The van der Waals surface area contributed by atoms with E-state index >= 15 is 0 Å². The van der Waals surface area contributed by atoms with Gasteiger partial charge < -0.3 is 19.5 Å². The summed E-state index contributed by atoms with van der Waals surface area (Å²) in [5, 5.41) is 12.8. The molecule has 0 spiro atoms. The second kappa shape index (κ2) is 11.5. The number of amides is 3. The second-order valence-corrected chi connectivity index (χ2v) is 9.21. The number of hydroxylamine groups is 1. The van der Waals surface area contributed by atoms with E-state index in [9.17, 15) is 9.59 Å². The summed E-state index contributed by atoms with van der Waals surface area (Å²) in [6, 6.07) is 8.59. The van der Waals surface area contributed by atoms with E-state index in [1.165, 1.54) is 22.2 Å². The number of ether oxygens (including phenoxy) is 1. The first-order chi connectivity index (χ1) is 16.2. The van der Waals surface area contributed by atoms with E-state index in [0.717, 1.165) is 71.2 Å². The van der Waals surface area contributed by atoms with Crippen LogP contribution in [0.15, 0.2) is 24.3 Å². The summed E-state index contributed by atoms with van der Waals surface area (Å²) in [4.78, 5) is 25.7. The van der Waals surface area contributed by atoms with E-state index in [4.69, 9.17) is 9.94 Å². The summed E-state index contributed by atoms with van der Waals surface area (Å²) >= 11 is 0. The lowest BCUT2D eigenvalue weighted by Crippen LogP contribution is -2.43. The number of aromatic nitrogens is 1. The van der Waals surface area contributed by atoms with Crippen molar-refractivity contribution in [3.05, 3.63) is 35.5 Å². The van der Waals surface area contributed by atoms with Crippen LogP contribution >= 0.6 is 0 Å². The molecule has 3 amide bonds. The number of carbonyl (C=O) groups is 2. The number of urea groups is 1. The van der Waals surface area contributed by atoms with Crippen LogP contribution in [0.3, 0.4) is 0 Å². The molecule has 2 aliphatic heterocycles. The number of nitrogens with one attached hydrogen (secondary N) is 2. The number of carbonyl (C=O) groups excluding carboxylic acids is 2. The van der Waals surface area contributed by atoms with Gasteiger partial charge in [-0.15, -0.1) is 0 Å². The third-order valence-corrected chi connectivity index (χ3v) is 6.96. The van der Waals surface area contributed by atoms with Crippen molar-refractivity contribution < 1.29 is 19.5 Å². The lowest BCUT2D eigenvalue weighted by Gasteiger charge is -2.29. The molecule has 4 rings (SSSR count). The fourth-order valence-corrected chi connectivity index (χ4v) is 5.10. The van der Waals surface area contributed by atoms with Gasteiger partial charge in [0.15, 0.2) is 0 Å². The zero-order valence-electron chi connectivity index (χ0n) is 19.4. The van der Waals surface area contributed by atoms with E-state index in [-0.39, 0.29) is 11.9 Å². The number of rotatable bonds is 9. The van der Waals surface area contributed by atoms with Gasteiger partial charge in [-0.3, -0.25) is 10.0 Å². The van der Waals surface area contributed by atoms with Crippen molar-refractivity contribution in [2.75, 3.05) is 26.3 Å². The first-order valence-corrected chi connectivity index (χ1v) is 12.3. The molecular formula is C25H36N4O4. The Kier molecular flexibility index (Phi) is 8.23. The maximum absolute atomic E-state index is 12.8. The summed E-state index contributed by atoms with van der Waals surface area (Å²) in [5.74, 6) is 0.305. The van der Waals surface area contributed by atoms with E-state index in [0.29, 0.717) is 25.4 Å². The maximum Gasteiger partial charge on any atom is 0.317 e. The van der Waals surface area contributed by atoms with Gasteiger partial charge in [-0.1, -0.05) is 31.0 Å². The van der Waals surface area contributed by atoms with Crippen molar-refractivity contribution >= 4 is 22.8 Å². The highest BCUT2D eigenvalue weighted by Gasteiger charge is 2.27. The van der Waals surface area contributed by atoms with Gasteiger partial charge in [-0.2, -0.15) is 0 Å². The van der Waals surface area contributed by atoms with Crippen LogP contribution in [0.2, 0.25) is 0 Å². The molecule has 0 atom stereocenters. The zero-order valence-corrected chi connectivity index (χ0v) is 19.4. The van der Waals surface area contributed by atoms with Gasteiger partial charge in [0, 0.05) is 74.4 Å². The van der Waals surface area contributed by atoms with Gasteiger partial charge >= 0.3 is 6.03 Å². The summed E-state index contributed by atoms with van der Waals surface area (Å²) in [5.41, 5.74) is 5.61. The van der Waals surface area contributed by atoms with Crippen LogP contribution < -0.4 is 10.8 Å². The molecule has 0 saturated carbocycles. The molecule has 0 unspecified atom stereocenters. The smallest absolute Gasteiger partial charge is 0.317 e. The number of hydrogen-bond donors (Lipinski definition) is 3. The first kappa shape index (κ1) is 23.6. The Morgan fingerprint density at radius 2 is 1.88 bits per heavy atom. The van der Waals surface area contributed by atoms with Crippen LogP contribution in [0.1, 0.15) is 56.2 Å². The highest BCUT2D eigenvalue weighted by Crippen LogP contribution is 2.32. The van der Waals surface area contributed by atoms with Crippen molar-refractivity contribution in [3.63, 3.8) is 0 Å². The first-order valence-electron chi connectivity index (χ1n) is 12.3. The Balaban J connectivity index is 1.32. The summed E-state index contributed by atoms with van der Waals surface area (Å²) in [7, 11) is 0. The van der Waals surface area contributed by atoms with Gasteiger partial charge in [0.1, 0.15) is 0 Å². The Bertz CT molecular complexity index is 951. The molecule has 180 valence electrons. The predicted octanol–water partition coefficient (Wildman–Crippen LogP) is 3.59. The zero-order chi connectivity index (χ0) is 23.0. The molecule has 8 nitrogen and oxygen atoms in total. The molecule has 2 aromatic rings. The van der Waals surface area contributed by atoms with Gasteiger partial charge in [-0.05, 0) is 37.7 Å². The number of fused-ring (bicyclic) bond motifs is 3.